The summed E-state index contributed by atoms with van der Waals surface area (Å²) < 4.78 is 0. The number of carbonyl (C=O) groups excluding carboxylic acids is 2. The molecule has 0 aliphatic heterocycles. The molecule has 0 saturated carbocycles. The highest BCUT2D eigenvalue weighted by Gasteiger charge is 2.12. The molecule has 1 rings (SSSR count). The van der Waals surface area contributed by atoms with Crippen molar-refractivity contribution in [1.82, 2.24) is 10.3 Å². The molecule has 1 aromatic rings. The van der Waals surface area contributed by atoms with E-state index in [9.17, 15) is 14.4 Å². The van der Waals surface area contributed by atoms with Crippen LogP contribution in [0.15, 0.2) is 18.3 Å². The Morgan fingerprint density at radius 1 is 1.39 bits per heavy atom. The van der Waals surface area contributed by atoms with Crippen LogP contribution >= 0.6 is 0 Å². The zero-order valence-corrected chi connectivity index (χ0v) is 9.51. The fourth-order valence-electron chi connectivity index (χ4n) is 1.03. The van der Waals surface area contributed by atoms with Gasteiger partial charge in [0.2, 0.25) is 5.91 Å². The Labute approximate surface area is 102 Å². The highest BCUT2D eigenvalue weighted by atomic mass is 16.4. The molecule has 0 aromatic carbocycles. The molecule has 1 unspecified atom stereocenters. The minimum atomic E-state index is -1.16. The van der Waals surface area contributed by atoms with Crippen molar-refractivity contribution in [2.75, 3.05) is 5.32 Å². The molecule has 1 atom stereocenters. The van der Waals surface area contributed by atoms with Crippen molar-refractivity contribution >= 4 is 23.6 Å². The van der Waals surface area contributed by atoms with E-state index in [1.165, 1.54) is 25.3 Å². The first-order chi connectivity index (χ1) is 8.40. The van der Waals surface area contributed by atoms with Crippen molar-refractivity contribution < 1.29 is 19.5 Å². The molecule has 18 heavy (non-hydrogen) atoms. The van der Waals surface area contributed by atoms with Gasteiger partial charge in [0.15, 0.2) is 0 Å². The molecule has 0 radical (unpaired) electrons. The molecule has 1 heterocycles. The molecule has 1 aromatic heterocycles. The number of hydrogen-bond acceptors (Lipinski definition) is 4. The van der Waals surface area contributed by atoms with Gasteiger partial charge in [0.25, 0.3) is 0 Å². The summed E-state index contributed by atoms with van der Waals surface area (Å²) in [4.78, 5) is 36.2. The summed E-state index contributed by atoms with van der Waals surface area (Å²) >= 11 is 0. The third-order valence-electron chi connectivity index (χ3n) is 2.01. The quantitative estimate of drug-likeness (QED) is 0.587. The second-order valence-corrected chi connectivity index (χ2v) is 3.46. The van der Waals surface area contributed by atoms with Crippen LogP contribution in [-0.4, -0.2) is 34.0 Å². The van der Waals surface area contributed by atoms with Crippen LogP contribution in [0.25, 0.3) is 0 Å². The van der Waals surface area contributed by atoms with Gasteiger partial charge in [0, 0.05) is 0 Å². The van der Waals surface area contributed by atoms with E-state index >= 15 is 0 Å². The molecule has 0 bridgehead atoms. The zero-order chi connectivity index (χ0) is 13.7. The van der Waals surface area contributed by atoms with Gasteiger partial charge in [-0.05, 0) is 19.1 Å². The summed E-state index contributed by atoms with van der Waals surface area (Å²) in [6.07, 6.45) is 1.19. The van der Waals surface area contributed by atoms with E-state index in [0.717, 1.165) is 0 Å². The lowest BCUT2D eigenvalue weighted by Gasteiger charge is -2.11. The number of rotatable bonds is 4. The number of nitrogens with zero attached hydrogens (tertiary/aromatic N) is 1. The van der Waals surface area contributed by atoms with E-state index in [4.69, 9.17) is 10.8 Å². The number of primary amides is 1. The number of anilines is 1. The molecule has 3 amide bonds. The van der Waals surface area contributed by atoms with Crippen molar-refractivity contribution in [2.45, 2.75) is 13.0 Å². The number of carboxylic acid groups (broad SMARTS) is 1. The largest absolute Gasteiger partial charge is 0.477 e. The molecule has 8 heteroatoms. The van der Waals surface area contributed by atoms with Gasteiger partial charge in [-0.2, -0.15) is 0 Å². The smallest absolute Gasteiger partial charge is 0.354 e. The number of urea groups is 1. The zero-order valence-electron chi connectivity index (χ0n) is 9.51. The number of nitrogens with one attached hydrogen (secondary N) is 2. The second-order valence-electron chi connectivity index (χ2n) is 3.46. The number of carboxylic acids is 1. The Hall–Kier alpha value is -2.64. The molecule has 0 aliphatic rings. The fourth-order valence-corrected chi connectivity index (χ4v) is 1.03. The predicted molar refractivity (Wildman–Crippen MR) is 62.0 cm³/mol. The van der Waals surface area contributed by atoms with Crippen LogP contribution < -0.4 is 16.4 Å². The van der Waals surface area contributed by atoms with Crippen LogP contribution in [-0.2, 0) is 4.79 Å². The minimum Gasteiger partial charge on any atom is -0.477 e. The summed E-state index contributed by atoms with van der Waals surface area (Å²) in [5.74, 6) is -1.82. The van der Waals surface area contributed by atoms with Crippen LogP contribution in [0.2, 0.25) is 0 Å². The van der Waals surface area contributed by atoms with Gasteiger partial charge in [0.1, 0.15) is 11.7 Å². The molecule has 8 nitrogen and oxygen atoms in total. The molecule has 0 fully saturated rings. The third kappa shape index (κ3) is 3.74. The summed E-state index contributed by atoms with van der Waals surface area (Å²) in [5, 5.41) is 13.3. The van der Waals surface area contributed by atoms with Gasteiger partial charge in [0.05, 0.1) is 11.9 Å². The number of aromatic carboxylic acids is 1. The van der Waals surface area contributed by atoms with Crippen molar-refractivity contribution in [3.05, 3.63) is 24.0 Å². The fraction of sp³-hybridized carbons (Fsp3) is 0.200. The van der Waals surface area contributed by atoms with E-state index in [-0.39, 0.29) is 5.69 Å². The Balaban J connectivity index is 2.60. The van der Waals surface area contributed by atoms with Gasteiger partial charge in [-0.1, -0.05) is 0 Å². The van der Waals surface area contributed by atoms with Crippen LogP contribution in [0.3, 0.4) is 0 Å². The molecule has 5 N–H and O–H groups in total. The van der Waals surface area contributed by atoms with Gasteiger partial charge >= 0.3 is 12.0 Å². The normalized spacial score (nSPS) is 11.4. The predicted octanol–water partition coefficient (Wildman–Crippen LogP) is -0.225. The average molecular weight is 252 g/mol. The van der Waals surface area contributed by atoms with E-state index < -0.39 is 23.9 Å². The summed E-state index contributed by atoms with van der Waals surface area (Å²) in [5.41, 5.74) is 5.14. The molecule has 0 aliphatic carbocycles. The Morgan fingerprint density at radius 3 is 2.50 bits per heavy atom. The first kappa shape index (κ1) is 13.4. The number of amides is 3. The first-order valence-corrected chi connectivity index (χ1v) is 4.96. The van der Waals surface area contributed by atoms with E-state index in [0.29, 0.717) is 5.69 Å². The first-order valence-electron chi connectivity index (χ1n) is 4.96. The van der Waals surface area contributed by atoms with Gasteiger partial charge in [-0.3, -0.25) is 4.79 Å². The number of hydrogen-bond donors (Lipinski definition) is 4. The molecule has 0 spiro atoms. The van der Waals surface area contributed by atoms with E-state index in [1.807, 2.05) is 0 Å². The Bertz CT molecular complexity index is 471. The average Bonchev–Trinajstić information content (AvgIpc) is 2.29. The molecular formula is C10H12N4O4. The summed E-state index contributed by atoms with van der Waals surface area (Å²) in [7, 11) is 0. The number of aromatic nitrogens is 1. The maximum absolute atomic E-state index is 11.4. The third-order valence-corrected chi connectivity index (χ3v) is 2.01. The SMILES string of the molecule is CC(NC(=O)Nc1ccc(C(=O)O)nc1)C(N)=O. The topological polar surface area (TPSA) is 134 Å². The monoisotopic (exact) mass is 252 g/mol. The minimum absolute atomic E-state index is 0.133. The maximum atomic E-state index is 11.4. The maximum Gasteiger partial charge on any atom is 0.354 e. The molecular weight excluding hydrogens is 240 g/mol. The van der Waals surface area contributed by atoms with E-state index in [1.54, 1.807) is 0 Å². The molecule has 0 saturated heterocycles. The Morgan fingerprint density at radius 2 is 2.06 bits per heavy atom. The molecule has 96 valence electrons. The lowest BCUT2D eigenvalue weighted by molar-refractivity contribution is -0.119. The second kappa shape index (κ2) is 5.62. The highest BCUT2D eigenvalue weighted by molar-refractivity contribution is 5.93. The van der Waals surface area contributed by atoms with E-state index in [2.05, 4.69) is 15.6 Å². The van der Waals surface area contributed by atoms with Crippen molar-refractivity contribution in [2.24, 2.45) is 5.73 Å². The number of nitrogens with two attached hydrogens (primary N) is 1. The Kier molecular flexibility index (Phi) is 4.19. The highest BCUT2D eigenvalue weighted by Crippen LogP contribution is 2.05. The van der Waals surface area contributed by atoms with Gasteiger partial charge in [-0.15, -0.1) is 0 Å². The van der Waals surface area contributed by atoms with Crippen LogP contribution in [0, 0.1) is 0 Å². The lowest BCUT2D eigenvalue weighted by Crippen LogP contribution is -2.44. The van der Waals surface area contributed by atoms with Gasteiger partial charge in [-0.25, -0.2) is 14.6 Å². The number of carbonyl (C=O) groups is 3. The summed E-state index contributed by atoms with van der Waals surface area (Å²) in [6.45, 7) is 1.44. The van der Waals surface area contributed by atoms with Crippen molar-refractivity contribution in [3.63, 3.8) is 0 Å². The standard InChI is InChI=1S/C10H12N4O4/c1-5(8(11)15)13-10(18)14-6-2-3-7(9(16)17)12-4-6/h2-5H,1H3,(H2,11,15)(H,16,17)(H2,13,14,18). The van der Waals surface area contributed by atoms with Crippen molar-refractivity contribution in [3.8, 4) is 0 Å². The lowest BCUT2D eigenvalue weighted by atomic mass is 10.3. The number of pyridine rings is 1. The van der Waals surface area contributed by atoms with Crippen molar-refractivity contribution in [1.29, 1.82) is 0 Å². The van der Waals surface area contributed by atoms with Crippen LogP contribution in [0.5, 0.6) is 0 Å². The summed E-state index contributed by atoms with van der Waals surface area (Å²) in [6, 6.07) is 1.18. The van der Waals surface area contributed by atoms with Crippen LogP contribution in [0.4, 0.5) is 10.5 Å². The van der Waals surface area contributed by atoms with Crippen LogP contribution in [0.1, 0.15) is 17.4 Å². The van der Waals surface area contributed by atoms with Gasteiger partial charge < -0.3 is 21.5 Å².